The first-order valence-electron chi connectivity index (χ1n) is 6.94. The van der Waals surface area contributed by atoms with Crippen LogP contribution >= 0.6 is 0 Å². The standard InChI is InChI=1S/C14H26O4/c1-10(5-4-8-17-12(3)16)13-7-6-11(2)14(9-15)18-13/h10-11,13-15H,4-9H2,1-3H3/t10-,11+,13-,14-/m1/s1. The SMILES string of the molecule is CC(=O)OCCC[C@@H](C)[C@H]1CC[C@H](C)[C@@H](CO)O1. The van der Waals surface area contributed by atoms with Gasteiger partial charge in [0.25, 0.3) is 0 Å². The molecule has 0 saturated carbocycles. The monoisotopic (exact) mass is 258 g/mol. The van der Waals surface area contributed by atoms with Crippen molar-refractivity contribution in [3.63, 3.8) is 0 Å². The second-order valence-corrected chi connectivity index (χ2v) is 5.41. The molecule has 0 bridgehead atoms. The molecule has 0 aromatic carbocycles. The second-order valence-electron chi connectivity index (χ2n) is 5.41. The molecule has 1 rings (SSSR count). The minimum absolute atomic E-state index is 0.0142. The number of aliphatic hydroxyl groups excluding tert-OH is 1. The van der Waals surface area contributed by atoms with E-state index in [-0.39, 0.29) is 24.8 Å². The van der Waals surface area contributed by atoms with Gasteiger partial charge in [0.2, 0.25) is 0 Å². The Kier molecular flexibility index (Phi) is 6.65. The molecule has 1 N–H and O–H groups in total. The number of hydrogen-bond donors (Lipinski definition) is 1. The van der Waals surface area contributed by atoms with Crippen LogP contribution in [0.4, 0.5) is 0 Å². The number of carbonyl (C=O) groups is 1. The van der Waals surface area contributed by atoms with E-state index < -0.39 is 0 Å². The minimum atomic E-state index is -0.217. The van der Waals surface area contributed by atoms with Crippen LogP contribution in [-0.2, 0) is 14.3 Å². The van der Waals surface area contributed by atoms with Gasteiger partial charge in [-0.05, 0) is 37.5 Å². The molecule has 4 atom stereocenters. The van der Waals surface area contributed by atoms with Gasteiger partial charge in [-0.15, -0.1) is 0 Å². The third-order valence-corrected chi connectivity index (χ3v) is 3.81. The summed E-state index contributed by atoms with van der Waals surface area (Å²) < 4.78 is 10.8. The summed E-state index contributed by atoms with van der Waals surface area (Å²) in [5.74, 6) is 0.673. The van der Waals surface area contributed by atoms with Gasteiger partial charge in [0.05, 0.1) is 25.4 Å². The van der Waals surface area contributed by atoms with Gasteiger partial charge < -0.3 is 14.6 Å². The van der Waals surface area contributed by atoms with Gasteiger partial charge in [0, 0.05) is 6.92 Å². The summed E-state index contributed by atoms with van der Waals surface area (Å²) in [6, 6.07) is 0. The number of carbonyl (C=O) groups excluding carboxylic acids is 1. The van der Waals surface area contributed by atoms with Crippen molar-refractivity contribution < 1.29 is 19.4 Å². The van der Waals surface area contributed by atoms with E-state index in [0.717, 1.165) is 25.7 Å². The normalized spacial score (nSPS) is 29.9. The molecular formula is C14H26O4. The van der Waals surface area contributed by atoms with Crippen molar-refractivity contribution in [2.24, 2.45) is 11.8 Å². The van der Waals surface area contributed by atoms with Gasteiger partial charge in [-0.1, -0.05) is 13.8 Å². The first-order valence-corrected chi connectivity index (χ1v) is 6.94. The van der Waals surface area contributed by atoms with Crippen molar-refractivity contribution in [3.8, 4) is 0 Å². The van der Waals surface area contributed by atoms with E-state index in [1.54, 1.807) is 0 Å². The number of rotatable bonds is 6. The molecule has 0 aromatic rings. The highest BCUT2D eigenvalue weighted by molar-refractivity contribution is 5.65. The molecule has 1 heterocycles. The molecule has 0 unspecified atom stereocenters. The molecule has 1 aliphatic rings. The van der Waals surface area contributed by atoms with Crippen LogP contribution in [0.15, 0.2) is 0 Å². The Hall–Kier alpha value is -0.610. The zero-order valence-electron chi connectivity index (χ0n) is 11.7. The summed E-state index contributed by atoms with van der Waals surface area (Å²) in [5.41, 5.74) is 0. The van der Waals surface area contributed by atoms with Crippen molar-refractivity contribution in [1.82, 2.24) is 0 Å². The summed E-state index contributed by atoms with van der Waals surface area (Å²) in [6.45, 7) is 6.33. The molecule has 18 heavy (non-hydrogen) atoms. The lowest BCUT2D eigenvalue weighted by molar-refractivity contribution is -0.141. The predicted octanol–water partition coefficient (Wildman–Crippen LogP) is 2.14. The molecule has 0 aliphatic carbocycles. The van der Waals surface area contributed by atoms with Crippen LogP contribution in [0.2, 0.25) is 0 Å². The molecule has 0 amide bonds. The fourth-order valence-corrected chi connectivity index (χ4v) is 2.49. The molecule has 1 aliphatic heterocycles. The molecule has 4 nitrogen and oxygen atoms in total. The third kappa shape index (κ3) is 4.94. The largest absolute Gasteiger partial charge is 0.466 e. The van der Waals surface area contributed by atoms with Crippen molar-refractivity contribution in [3.05, 3.63) is 0 Å². The van der Waals surface area contributed by atoms with Crippen LogP contribution in [-0.4, -0.2) is 36.5 Å². The molecule has 0 aromatic heterocycles. The van der Waals surface area contributed by atoms with Crippen LogP contribution in [0.1, 0.15) is 46.5 Å². The average molecular weight is 258 g/mol. The number of esters is 1. The highest BCUT2D eigenvalue weighted by Gasteiger charge is 2.30. The van der Waals surface area contributed by atoms with E-state index in [2.05, 4.69) is 13.8 Å². The van der Waals surface area contributed by atoms with E-state index in [1.807, 2.05) is 0 Å². The first-order chi connectivity index (χ1) is 8.54. The van der Waals surface area contributed by atoms with Gasteiger partial charge in [-0.2, -0.15) is 0 Å². The highest BCUT2D eigenvalue weighted by atomic mass is 16.5. The topological polar surface area (TPSA) is 55.8 Å². The minimum Gasteiger partial charge on any atom is -0.466 e. The Morgan fingerprint density at radius 2 is 2.22 bits per heavy atom. The summed E-state index contributed by atoms with van der Waals surface area (Å²) in [5, 5.41) is 9.25. The second kappa shape index (κ2) is 7.74. The maximum absolute atomic E-state index is 10.6. The van der Waals surface area contributed by atoms with Crippen molar-refractivity contribution in [2.45, 2.75) is 58.7 Å². The zero-order valence-corrected chi connectivity index (χ0v) is 11.7. The van der Waals surface area contributed by atoms with Crippen LogP contribution in [0, 0.1) is 11.8 Å². The molecular weight excluding hydrogens is 232 g/mol. The highest BCUT2D eigenvalue weighted by Crippen LogP contribution is 2.30. The number of aliphatic hydroxyl groups is 1. The van der Waals surface area contributed by atoms with Crippen molar-refractivity contribution in [1.29, 1.82) is 0 Å². The van der Waals surface area contributed by atoms with Gasteiger partial charge in [-0.25, -0.2) is 0 Å². The lowest BCUT2D eigenvalue weighted by Gasteiger charge is -2.36. The van der Waals surface area contributed by atoms with Crippen LogP contribution in [0.25, 0.3) is 0 Å². The van der Waals surface area contributed by atoms with E-state index in [0.29, 0.717) is 18.4 Å². The Labute approximate surface area is 110 Å². The van der Waals surface area contributed by atoms with E-state index in [1.165, 1.54) is 6.92 Å². The van der Waals surface area contributed by atoms with Crippen LogP contribution in [0.5, 0.6) is 0 Å². The summed E-state index contributed by atoms with van der Waals surface area (Å²) >= 11 is 0. The van der Waals surface area contributed by atoms with Gasteiger partial charge >= 0.3 is 5.97 Å². The Morgan fingerprint density at radius 3 is 2.83 bits per heavy atom. The van der Waals surface area contributed by atoms with E-state index in [4.69, 9.17) is 9.47 Å². The van der Waals surface area contributed by atoms with E-state index >= 15 is 0 Å². The molecule has 0 radical (unpaired) electrons. The summed E-state index contributed by atoms with van der Waals surface area (Å²) in [6.07, 6.45) is 4.26. The zero-order chi connectivity index (χ0) is 13.5. The Balaban J connectivity index is 2.24. The van der Waals surface area contributed by atoms with Crippen LogP contribution in [0.3, 0.4) is 0 Å². The van der Waals surface area contributed by atoms with Gasteiger partial charge in [0.1, 0.15) is 0 Å². The van der Waals surface area contributed by atoms with Gasteiger partial charge in [0.15, 0.2) is 0 Å². The quantitative estimate of drug-likeness (QED) is 0.586. The molecule has 0 spiro atoms. The predicted molar refractivity (Wildman–Crippen MR) is 69.2 cm³/mol. The first kappa shape index (κ1) is 15.4. The van der Waals surface area contributed by atoms with E-state index in [9.17, 15) is 9.90 Å². The van der Waals surface area contributed by atoms with Crippen molar-refractivity contribution in [2.75, 3.05) is 13.2 Å². The Bertz CT molecular complexity index is 254. The molecule has 106 valence electrons. The maximum Gasteiger partial charge on any atom is 0.302 e. The Morgan fingerprint density at radius 1 is 1.50 bits per heavy atom. The van der Waals surface area contributed by atoms with Gasteiger partial charge in [-0.3, -0.25) is 4.79 Å². The summed E-state index contributed by atoms with van der Waals surface area (Å²) in [4.78, 5) is 10.6. The summed E-state index contributed by atoms with van der Waals surface area (Å²) in [7, 11) is 0. The number of ether oxygens (including phenoxy) is 2. The maximum atomic E-state index is 10.6. The molecule has 1 fully saturated rings. The smallest absolute Gasteiger partial charge is 0.302 e. The lowest BCUT2D eigenvalue weighted by Crippen LogP contribution is -2.39. The fraction of sp³-hybridized carbons (Fsp3) is 0.929. The van der Waals surface area contributed by atoms with Crippen LogP contribution < -0.4 is 0 Å². The number of hydrogen-bond acceptors (Lipinski definition) is 4. The fourth-order valence-electron chi connectivity index (χ4n) is 2.49. The third-order valence-electron chi connectivity index (χ3n) is 3.81. The average Bonchev–Trinajstić information content (AvgIpc) is 2.34. The van der Waals surface area contributed by atoms with Crippen molar-refractivity contribution >= 4 is 5.97 Å². The molecule has 4 heteroatoms. The lowest BCUT2D eigenvalue weighted by atomic mass is 9.87. The molecule has 1 saturated heterocycles.